The van der Waals surface area contributed by atoms with Gasteiger partial charge in [-0.2, -0.15) is 0 Å². The van der Waals surface area contributed by atoms with Crippen molar-refractivity contribution in [2.75, 3.05) is 12.4 Å². The van der Waals surface area contributed by atoms with Crippen molar-refractivity contribution in [1.82, 2.24) is 44.9 Å². The summed E-state index contributed by atoms with van der Waals surface area (Å²) in [5.41, 5.74) is 8.89. The number of hydrogen-bond donors (Lipinski definition) is 4. The zero-order valence-electron chi connectivity index (χ0n) is 27.6. The Hall–Kier alpha value is -5.38. The molecule has 4 N–H and O–H groups in total. The van der Waals surface area contributed by atoms with Gasteiger partial charge < -0.3 is 20.3 Å². The number of nitrogens with one attached hydrogen (secondary N) is 4. The monoisotopic (exact) mass is 616 g/mol. The Bertz CT molecular complexity index is 1720. The molecule has 0 amide bonds. The van der Waals surface area contributed by atoms with Gasteiger partial charge in [0, 0.05) is 37.0 Å². The standard InChI is InChI=1S/C8H12N2.C8H8N2.C7H7N3.C7H10N2.C6H7N/c2*1-6-9-7-4-2-3-5-8(7)10-6;1-5-9-6-3-2-4-8-7(6)10-5;1-6-3-4-7(8-2)9-5-6;1-6-4-2-3-5-7-6/h2-5H2,1H3,(H,9,10);2-5H,1H3,(H,9,10);2-4H,1H3,(H,8,9,10);3-5H,1-2H3,(H,8,9);2-5H,1H3. The molecule has 1 aliphatic rings. The number of para-hydroxylation sites is 2. The molecule has 0 fully saturated rings. The minimum absolute atomic E-state index is 0.792. The third-order valence-corrected chi connectivity index (χ3v) is 6.94. The van der Waals surface area contributed by atoms with Crippen LogP contribution in [0.15, 0.2) is 85.3 Å². The number of nitrogens with zero attached hydrogens (tertiary/aromatic N) is 6. The minimum Gasteiger partial charge on any atom is -0.373 e. The van der Waals surface area contributed by atoms with Gasteiger partial charge in [-0.1, -0.05) is 24.3 Å². The average Bonchev–Trinajstić information content (AvgIpc) is 3.76. The highest BCUT2D eigenvalue weighted by molar-refractivity contribution is 5.74. The van der Waals surface area contributed by atoms with Gasteiger partial charge >= 0.3 is 0 Å². The molecule has 7 aromatic rings. The lowest BCUT2D eigenvalue weighted by atomic mass is 10.0. The maximum absolute atomic E-state index is 4.40. The molecule has 10 nitrogen and oxygen atoms in total. The SMILES string of the molecule is CNc1ccc(C)cn1.Cc1ccccn1.Cc1nc2c([nH]1)CCCC2.Cc1nc2ccccc2[nH]1.Cc1nc2ncccc2[nH]1. The third-order valence-electron chi connectivity index (χ3n) is 6.94. The zero-order chi connectivity index (χ0) is 32.7. The quantitative estimate of drug-likeness (QED) is 0.149. The van der Waals surface area contributed by atoms with Gasteiger partial charge in [0.05, 0.1) is 22.2 Å². The topological polar surface area (TPSA) is 137 Å². The van der Waals surface area contributed by atoms with Crippen LogP contribution in [0.2, 0.25) is 0 Å². The molecule has 0 unspecified atom stereocenters. The first-order valence-corrected chi connectivity index (χ1v) is 15.5. The Labute approximate surface area is 270 Å². The van der Waals surface area contributed by atoms with Crippen LogP contribution in [0.4, 0.5) is 5.82 Å². The lowest BCUT2D eigenvalue weighted by Crippen LogP contribution is -2.00. The van der Waals surface area contributed by atoms with E-state index in [1.54, 1.807) is 12.4 Å². The van der Waals surface area contributed by atoms with Gasteiger partial charge in [-0.05, 0) is 108 Å². The van der Waals surface area contributed by atoms with Crippen molar-refractivity contribution >= 4 is 28.0 Å². The van der Waals surface area contributed by atoms with Gasteiger partial charge in [-0.15, -0.1) is 0 Å². The van der Waals surface area contributed by atoms with Gasteiger partial charge in [-0.25, -0.2) is 24.9 Å². The highest BCUT2D eigenvalue weighted by atomic mass is 15.0. The highest BCUT2D eigenvalue weighted by Crippen LogP contribution is 2.18. The van der Waals surface area contributed by atoms with E-state index in [9.17, 15) is 0 Å². The molecule has 0 aliphatic heterocycles. The summed E-state index contributed by atoms with van der Waals surface area (Å²) in [6.45, 7) is 9.90. The molecule has 10 heteroatoms. The number of pyridine rings is 3. The smallest absolute Gasteiger partial charge is 0.177 e. The summed E-state index contributed by atoms with van der Waals surface area (Å²) < 4.78 is 0. The molecule has 46 heavy (non-hydrogen) atoms. The van der Waals surface area contributed by atoms with Crippen LogP contribution in [-0.4, -0.2) is 51.9 Å². The molecule has 0 saturated heterocycles. The van der Waals surface area contributed by atoms with Crippen molar-refractivity contribution in [3.63, 3.8) is 0 Å². The van der Waals surface area contributed by atoms with Gasteiger partial charge in [0.1, 0.15) is 23.3 Å². The second-order valence-corrected chi connectivity index (χ2v) is 10.9. The summed E-state index contributed by atoms with van der Waals surface area (Å²) in [5, 5.41) is 2.94. The van der Waals surface area contributed by atoms with Gasteiger partial charge in [-0.3, -0.25) is 4.98 Å². The number of aryl methyl sites for hydroxylation is 7. The maximum Gasteiger partial charge on any atom is 0.177 e. The van der Waals surface area contributed by atoms with E-state index in [0.717, 1.165) is 51.2 Å². The van der Waals surface area contributed by atoms with E-state index < -0.39 is 0 Å². The van der Waals surface area contributed by atoms with Crippen LogP contribution in [0.1, 0.15) is 53.0 Å². The molecule has 0 atom stereocenters. The number of H-pyrrole nitrogens is 3. The Morgan fingerprint density at radius 1 is 0.609 bits per heavy atom. The molecule has 0 saturated carbocycles. The number of benzene rings is 1. The van der Waals surface area contributed by atoms with Crippen LogP contribution in [-0.2, 0) is 12.8 Å². The van der Waals surface area contributed by atoms with Gasteiger partial charge in [0.15, 0.2) is 5.65 Å². The predicted octanol–water partition coefficient (Wildman–Crippen LogP) is 7.56. The summed E-state index contributed by atoms with van der Waals surface area (Å²) in [4.78, 5) is 34.4. The summed E-state index contributed by atoms with van der Waals surface area (Å²) in [6, 6.07) is 21.7. The first-order chi connectivity index (χ1) is 22.3. The lowest BCUT2D eigenvalue weighted by Gasteiger charge is -2.07. The van der Waals surface area contributed by atoms with Crippen LogP contribution in [0, 0.1) is 34.6 Å². The summed E-state index contributed by atoms with van der Waals surface area (Å²) >= 11 is 0. The van der Waals surface area contributed by atoms with Gasteiger partial charge in [0.25, 0.3) is 0 Å². The fourth-order valence-electron chi connectivity index (χ4n) is 4.71. The fourth-order valence-corrected chi connectivity index (χ4v) is 4.71. The fraction of sp³-hybridized carbons (Fsp3) is 0.278. The first kappa shape index (κ1) is 33.5. The maximum atomic E-state index is 4.40. The van der Waals surface area contributed by atoms with E-state index in [1.165, 1.54) is 42.6 Å². The minimum atomic E-state index is 0.792. The second-order valence-electron chi connectivity index (χ2n) is 10.9. The number of hydrogen-bond acceptors (Lipinski definition) is 7. The van der Waals surface area contributed by atoms with E-state index in [0.29, 0.717) is 0 Å². The number of aromatic amines is 3. The Kier molecular flexibility index (Phi) is 12.5. The largest absolute Gasteiger partial charge is 0.373 e. The lowest BCUT2D eigenvalue weighted by molar-refractivity contribution is 0.667. The van der Waals surface area contributed by atoms with Crippen LogP contribution in [0.3, 0.4) is 0 Å². The van der Waals surface area contributed by atoms with Crippen LogP contribution in [0.5, 0.6) is 0 Å². The van der Waals surface area contributed by atoms with Crippen LogP contribution in [0.25, 0.3) is 22.2 Å². The number of anilines is 1. The van der Waals surface area contributed by atoms with Crippen molar-refractivity contribution in [3.05, 3.63) is 125 Å². The van der Waals surface area contributed by atoms with Gasteiger partial charge in [0.2, 0.25) is 0 Å². The molecule has 8 rings (SSSR count). The summed E-state index contributed by atoms with van der Waals surface area (Å²) in [5.74, 6) is 3.88. The van der Waals surface area contributed by atoms with E-state index in [4.69, 9.17) is 0 Å². The second kappa shape index (κ2) is 17.2. The molecule has 6 heterocycles. The number of aromatic nitrogens is 9. The Balaban J connectivity index is 0.000000131. The van der Waals surface area contributed by atoms with Crippen LogP contribution < -0.4 is 5.32 Å². The molecule has 0 bridgehead atoms. The van der Waals surface area contributed by atoms with E-state index >= 15 is 0 Å². The Morgan fingerprint density at radius 3 is 1.96 bits per heavy atom. The van der Waals surface area contributed by atoms with Crippen molar-refractivity contribution in [2.24, 2.45) is 0 Å². The predicted molar refractivity (Wildman–Crippen MR) is 187 cm³/mol. The number of fused-ring (bicyclic) bond motifs is 3. The Morgan fingerprint density at radius 2 is 1.30 bits per heavy atom. The summed E-state index contributed by atoms with van der Waals surface area (Å²) in [7, 11) is 1.86. The molecule has 6 aromatic heterocycles. The molecular weight excluding hydrogens is 572 g/mol. The normalized spacial score (nSPS) is 11.3. The van der Waals surface area contributed by atoms with Crippen LogP contribution >= 0.6 is 0 Å². The van der Waals surface area contributed by atoms with E-state index in [1.807, 2.05) is 115 Å². The molecule has 1 aromatic carbocycles. The molecule has 0 radical (unpaired) electrons. The molecule has 1 aliphatic carbocycles. The first-order valence-electron chi connectivity index (χ1n) is 15.5. The van der Waals surface area contributed by atoms with Crippen molar-refractivity contribution in [1.29, 1.82) is 0 Å². The molecule has 238 valence electrons. The van der Waals surface area contributed by atoms with Crippen molar-refractivity contribution in [2.45, 2.75) is 60.3 Å². The molecule has 0 spiro atoms. The zero-order valence-corrected chi connectivity index (χ0v) is 27.6. The average molecular weight is 617 g/mol. The third kappa shape index (κ3) is 10.7. The summed E-state index contributed by atoms with van der Waals surface area (Å²) in [6.07, 6.45) is 10.4. The number of rotatable bonds is 1. The van der Waals surface area contributed by atoms with Crippen molar-refractivity contribution < 1.29 is 0 Å². The number of imidazole rings is 3. The highest BCUT2D eigenvalue weighted by Gasteiger charge is 2.11. The van der Waals surface area contributed by atoms with E-state index in [2.05, 4.69) is 50.2 Å². The molecular formula is C36H44N10. The van der Waals surface area contributed by atoms with Crippen molar-refractivity contribution in [3.8, 4) is 0 Å². The van der Waals surface area contributed by atoms with E-state index in [-0.39, 0.29) is 0 Å².